The molecule has 0 radical (unpaired) electrons. The van der Waals surface area contributed by atoms with Crippen LogP contribution in [-0.2, 0) is 16.1 Å². The summed E-state index contributed by atoms with van der Waals surface area (Å²) in [5.74, 6) is -2.87. The number of fused-ring (bicyclic) bond motifs is 1. The molecule has 0 saturated carbocycles. The van der Waals surface area contributed by atoms with E-state index in [-0.39, 0.29) is 0 Å². The Balaban J connectivity index is 0.000000409. The highest BCUT2D eigenvalue weighted by Crippen LogP contribution is 2.23. The highest BCUT2D eigenvalue weighted by atomic mass is 16.5. The number of methoxy groups -OCH3 is 1. The molecule has 1 atom stereocenters. The van der Waals surface area contributed by atoms with Gasteiger partial charge in [0.15, 0.2) is 0 Å². The minimum Gasteiger partial charge on any atom is -0.495 e. The zero-order chi connectivity index (χ0) is 20.5. The topological polar surface area (TPSA) is 121 Å². The number of anilines is 1. The third-order valence-electron chi connectivity index (χ3n) is 3.91. The first-order valence-electron chi connectivity index (χ1n) is 8.47. The van der Waals surface area contributed by atoms with Crippen molar-refractivity contribution in [2.45, 2.75) is 12.6 Å². The maximum Gasteiger partial charge on any atom is 0.414 e. The number of carboxylic acid groups (broad SMARTS) is 2. The Bertz CT molecular complexity index is 925. The van der Waals surface area contributed by atoms with Gasteiger partial charge >= 0.3 is 11.9 Å². The quantitative estimate of drug-likeness (QED) is 0.480. The summed E-state index contributed by atoms with van der Waals surface area (Å²) >= 11 is 0. The number of aromatic nitrogens is 1. The lowest BCUT2D eigenvalue weighted by Crippen LogP contribution is -2.24. The molecule has 28 heavy (non-hydrogen) atoms. The van der Waals surface area contributed by atoms with Crippen LogP contribution in [0, 0.1) is 0 Å². The highest BCUT2D eigenvalue weighted by molar-refractivity contribution is 6.27. The second-order valence-corrected chi connectivity index (χ2v) is 5.87. The number of aliphatic carboxylic acids is 2. The summed E-state index contributed by atoms with van der Waals surface area (Å²) in [6, 6.07) is 17.9. The smallest absolute Gasteiger partial charge is 0.414 e. The van der Waals surface area contributed by atoms with E-state index in [0.717, 1.165) is 17.0 Å². The van der Waals surface area contributed by atoms with E-state index in [4.69, 9.17) is 24.5 Å². The molecule has 3 aromatic rings. The van der Waals surface area contributed by atoms with Crippen molar-refractivity contribution >= 4 is 28.5 Å². The maximum atomic E-state index is 10.3. The molecule has 4 N–H and O–H groups in total. The number of benzene rings is 2. The van der Waals surface area contributed by atoms with Gasteiger partial charge in [-0.2, -0.15) is 0 Å². The first-order valence-corrected chi connectivity index (χ1v) is 8.47. The van der Waals surface area contributed by atoms with Crippen molar-refractivity contribution in [1.82, 2.24) is 4.57 Å². The Morgan fingerprint density at radius 1 is 1.04 bits per heavy atom. The Morgan fingerprint density at radius 2 is 1.68 bits per heavy atom. The number of carbonyl (C=O) groups is 2. The fourth-order valence-corrected chi connectivity index (χ4v) is 2.61. The molecular weight excluding hydrogens is 364 g/mol. The standard InChI is InChI=1S/C18H20N2O2.C2H2O4/c1-22-18-9-5-3-7-16(18)19-12-15(21)13-20-11-10-14-6-2-4-8-17(14)20;3-1(4)2(5)6/h2-11,15,19,21H,12-13H2,1H3;(H,3,4)(H,5,6). The van der Waals surface area contributed by atoms with Gasteiger partial charge in [0.2, 0.25) is 0 Å². The van der Waals surface area contributed by atoms with Crippen molar-refractivity contribution in [3.63, 3.8) is 0 Å². The number of hydrogen-bond donors (Lipinski definition) is 4. The normalized spacial score (nSPS) is 11.2. The summed E-state index contributed by atoms with van der Waals surface area (Å²) in [6.45, 7) is 1.02. The van der Waals surface area contributed by atoms with E-state index in [1.54, 1.807) is 7.11 Å². The van der Waals surface area contributed by atoms with E-state index < -0.39 is 18.0 Å². The van der Waals surface area contributed by atoms with Crippen LogP contribution < -0.4 is 10.1 Å². The number of aliphatic hydroxyl groups is 1. The van der Waals surface area contributed by atoms with E-state index in [9.17, 15) is 5.11 Å². The van der Waals surface area contributed by atoms with Gasteiger partial charge in [-0.15, -0.1) is 0 Å². The Labute approximate surface area is 161 Å². The lowest BCUT2D eigenvalue weighted by Gasteiger charge is -2.16. The number of carboxylic acids is 2. The third-order valence-corrected chi connectivity index (χ3v) is 3.91. The number of rotatable bonds is 6. The first-order chi connectivity index (χ1) is 13.4. The van der Waals surface area contributed by atoms with Crippen LogP contribution in [0.25, 0.3) is 10.9 Å². The van der Waals surface area contributed by atoms with Crippen molar-refractivity contribution in [3.05, 3.63) is 60.8 Å². The molecule has 0 aliphatic heterocycles. The second kappa shape index (κ2) is 9.98. The van der Waals surface area contributed by atoms with Crippen molar-refractivity contribution in [1.29, 1.82) is 0 Å². The average molecular weight is 386 g/mol. The van der Waals surface area contributed by atoms with E-state index in [1.165, 1.54) is 5.39 Å². The summed E-state index contributed by atoms with van der Waals surface area (Å²) in [4.78, 5) is 18.2. The summed E-state index contributed by atoms with van der Waals surface area (Å²) in [5, 5.41) is 29.5. The van der Waals surface area contributed by atoms with Gasteiger partial charge in [-0.3, -0.25) is 0 Å². The van der Waals surface area contributed by atoms with Crippen molar-refractivity contribution in [2.24, 2.45) is 0 Å². The minimum absolute atomic E-state index is 0.465. The van der Waals surface area contributed by atoms with Crippen LogP contribution in [-0.4, -0.2) is 51.6 Å². The molecule has 148 valence electrons. The number of nitrogens with zero attached hydrogens (tertiary/aromatic N) is 1. The Morgan fingerprint density at radius 3 is 2.36 bits per heavy atom. The molecule has 0 fully saturated rings. The van der Waals surface area contributed by atoms with Gasteiger partial charge in [0.1, 0.15) is 5.75 Å². The van der Waals surface area contributed by atoms with Crippen LogP contribution in [0.1, 0.15) is 0 Å². The van der Waals surface area contributed by atoms with Crippen LogP contribution in [0.2, 0.25) is 0 Å². The van der Waals surface area contributed by atoms with Crippen LogP contribution in [0.3, 0.4) is 0 Å². The predicted octanol–water partition coefficient (Wildman–Crippen LogP) is 2.28. The lowest BCUT2D eigenvalue weighted by atomic mass is 10.2. The van der Waals surface area contributed by atoms with E-state index >= 15 is 0 Å². The molecule has 1 aromatic heterocycles. The average Bonchev–Trinajstić information content (AvgIpc) is 3.10. The monoisotopic (exact) mass is 386 g/mol. The van der Waals surface area contributed by atoms with E-state index in [2.05, 4.69) is 28.1 Å². The molecule has 8 nitrogen and oxygen atoms in total. The molecule has 3 rings (SSSR count). The summed E-state index contributed by atoms with van der Waals surface area (Å²) in [5.41, 5.74) is 2.03. The third kappa shape index (κ3) is 5.75. The first kappa shape index (κ1) is 20.8. The van der Waals surface area contributed by atoms with Crippen molar-refractivity contribution in [2.75, 3.05) is 19.0 Å². The SMILES string of the molecule is COc1ccccc1NCC(O)Cn1ccc2ccccc21.O=C(O)C(=O)O. The molecule has 1 unspecified atom stereocenters. The predicted molar refractivity (Wildman–Crippen MR) is 105 cm³/mol. The molecule has 0 amide bonds. The molecular formula is C20H22N2O6. The number of nitrogens with one attached hydrogen (secondary N) is 1. The number of aliphatic hydroxyl groups excluding tert-OH is 1. The molecule has 2 aromatic carbocycles. The van der Waals surface area contributed by atoms with Gasteiger partial charge in [0.25, 0.3) is 0 Å². The van der Waals surface area contributed by atoms with Crippen LogP contribution in [0.15, 0.2) is 60.8 Å². The minimum atomic E-state index is -1.82. The highest BCUT2D eigenvalue weighted by Gasteiger charge is 2.09. The number of ether oxygens (including phenoxy) is 1. The van der Waals surface area contributed by atoms with Gasteiger partial charge in [-0.25, -0.2) is 9.59 Å². The van der Waals surface area contributed by atoms with Crippen molar-refractivity contribution < 1.29 is 29.6 Å². The molecule has 0 bridgehead atoms. The van der Waals surface area contributed by atoms with Crippen LogP contribution in [0.4, 0.5) is 5.69 Å². The van der Waals surface area contributed by atoms with Crippen molar-refractivity contribution in [3.8, 4) is 5.75 Å². The van der Waals surface area contributed by atoms with Gasteiger partial charge in [0.05, 0.1) is 25.4 Å². The summed E-state index contributed by atoms with van der Waals surface area (Å²) in [7, 11) is 1.64. The molecule has 0 aliphatic rings. The van der Waals surface area contributed by atoms with Gasteiger partial charge in [-0.1, -0.05) is 30.3 Å². The Kier molecular flexibility index (Phi) is 7.41. The Hall–Kier alpha value is -3.52. The van der Waals surface area contributed by atoms with E-state index in [1.807, 2.05) is 42.6 Å². The molecule has 0 aliphatic carbocycles. The summed E-state index contributed by atoms with van der Waals surface area (Å²) in [6.07, 6.45) is 1.53. The molecule has 0 spiro atoms. The molecule has 8 heteroatoms. The van der Waals surface area contributed by atoms with Crippen LogP contribution >= 0.6 is 0 Å². The number of para-hydroxylation sites is 3. The zero-order valence-corrected chi connectivity index (χ0v) is 15.3. The number of hydrogen-bond acceptors (Lipinski definition) is 5. The molecule has 0 saturated heterocycles. The fraction of sp³-hybridized carbons (Fsp3) is 0.200. The zero-order valence-electron chi connectivity index (χ0n) is 15.3. The van der Waals surface area contributed by atoms with Gasteiger partial charge in [0, 0.05) is 18.3 Å². The second-order valence-electron chi connectivity index (χ2n) is 5.87. The fourth-order valence-electron chi connectivity index (χ4n) is 2.61. The molecule has 1 heterocycles. The largest absolute Gasteiger partial charge is 0.495 e. The summed E-state index contributed by atoms with van der Waals surface area (Å²) < 4.78 is 7.37. The maximum absolute atomic E-state index is 10.3. The van der Waals surface area contributed by atoms with Crippen LogP contribution in [0.5, 0.6) is 5.75 Å². The van der Waals surface area contributed by atoms with Gasteiger partial charge < -0.3 is 29.9 Å². The lowest BCUT2D eigenvalue weighted by molar-refractivity contribution is -0.159. The van der Waals surface area contributed by atoms with E-state index in [0.29, 0.717) is 13.1 Å². The van der Waals surface area contributed by atoms with Gasteiger partial charge in [-0.05, 0) is 29.7 Å².